The zero-order valence-electron chi connectivity index (χ0n) is 15.8. The highest BCUT2D eigenvalue weighted by molar-refractivity contribution is 7.15. The zero-order chi connectivity index (χ0) is 18.1. The van der Waals surface area contributed by atoms with Gasteiger partial charge >= 0.3 is 0 Å². The van der Waals surface area contributed by atoms with Crippen LogP contribution in [0.5, 0.6) is 0 Å². The van der Waals surface area contributed by atoms with Crippen molar-refractivity contribution in [2.45, 2.75) is 51.5 Å². The second-order valence-corrected chi connectivity index (χ2v) is 8.20. The van der Waals surface area contributed by atoms with E-state index in [1.807, 2.05) is 19.2 Å². The van der Waals surface area contributed by atoms with E-state index >= 15 is 0 Å². The van der Waals surface area contributed by atoms with Crippen LogP contribution in [0.2, 0.25) is 0 Å². The largest absolute Gasteiger partial charge is 0.317 e. The molecular formula is C19H26Cl2N4O2S. The van der Waals surface area contributed by atoms with Gasteiger partial charge in [0.25, 0.3) is 11.5 Å². The molecule has 0 atom stereocenters. The fourth-order valence-electron chi connectivity index (χ4n) is 3.85. The predicted octanol–water partition coefficient (Wildman–Crippen LogP) is 3.51. The first-order valence-corrected chi connectivity index (χ1v) is 10.2. The van der Waals surface area contributed by atoms with E-state index in [2.05, 4.69) is 15.6 Å². The van der Waals surface area contributed by atoms with E-state index < -0.39 is 0 Å². The molecule has 0 radical (unpaired) electrons. The van der Waals surface area contributed by atoms with Crippen LogP contribution < -0.4 is 16.2 Å². The van der Waals surface area contributed by atoms with Crippen LogP contribution in [0, 0.1) is 6.92 Å². The van der Waals surface area contributed by atoms with Gasteiger partial charge in [0.1, 0.15) is 5.56 Å². The number of hydrogen-bond donors (Lipinski definition) is 2. The molecule has 1 fully saturated rings. The number of hydrogen-bond acceptors (Lipinski definition) is 5. The van der Waals surface area contributed by atoms with Crippen molar-refractivity contribution in [1.82, 2.24) is 14.9 Å². The van der Waals surface area contributed by atoms with Crippen LogP contribution in [0.1, 0.15) is 58.2 Å². The van der Waals surface area contributed by atoms with Crippen LogP contribution in [-0.2, 0) is 12.8 Å². The number of aromatic nitrogens is 2. The van der Waals surface area contributed by atoms with Crippen molar-refractivity contribution in [3.63, 3.8) is 0 Å². The number of fused-ring (bicyclic) bond motifs is 1. The van der Waals surface area contributed by atoms with Crippen LogP contribution in [0.4, 0.5) is 5.13 Å². The molecule has 2 aliphatic rings. The van der Waals surface area contributed by atoms with Crippen molar-refractivity contribution in [2.24, 2.45) is 0 Å². The van der Waals surface area contributed by atoms with Gasteiger partial charge in [-0.25, -0.2) is 4.98 Å². The molecule has 2 aromatic rings. The normalized spacial score (nSPS) is 16.5. The Hall–Kier alpha value is -1.41. The van der Waals surface area contributed by atoms with E-state index in [0.29, 0.717) is 10.7 Å². The molecule has 3 heterocycles. The Bertz CT molecular complexity index is 867. The Kier molecular flexibility index (Phi) is 8.07. The second-order valence-electron chi connectivity index (χ2n) is 7.12. The van der Waals surface area contributed by atoms with Crippen LogP contribution in [0.15, 0.2) is 17.1 Å². The van der Waals surface area contributed by atoms with E-state index in [1.54, 1.807) is 15.9 Å². The summed E-state index contributed by atoms with van der Waals surface area (Å²) in [6.45, 7) is 3.62. The number of carbonyl (C=O) groups is 1. The van der Waals surface area contributed by atoms with Crippen LogP contribution in [0.25, 0.3) is 0 Å². The molecule has 0 saturated carbocycles. The molecule has 1 aliphatic heterocycles. The lowest BCUT2D eigenvalue weighted by molar-refractivity contribution is 0.102. The van der Waals surface area contributed by atoms with E-state index in [0.717, 1.165) is 50.9 Å². The minimum absolute atomic E-state index is 0. The first-order chi connectivity index (χ1) is 12.6. The highest BCUT2D eigenvalue weighted by Crippen LogP contribution is 2.29. The third kappa shape index (κ3) is 4.59. The Morgan fingerprint density at radius 1 is 1.25 bits per heavy atom. The van der Waals surface area contributed by atoms with Crippen LogP contribution in [0.3, 0.4) is 0 Å². The number of nitrogens with one attached hydrogen (secondary N) is 2. The van der Waals surface area contributed by atoms with Crippen LogP contribution in [-0.4, -0.2) is 28.5 Å². The van der Waals surface area contributed by atoms with Crippen molar-refractivity contribution in [2.75, 3.05) is 18.4 Å². The lowest BCUT2D eigenvalue weighted by Crippen LogP contribution is -2.37. The quantitative estimate of drug-likeness (QED) is 0.758. The van der Waals surface area contributed by atoms with E-state index in [4.69, 9.17) is 0 Å². The first-order valence-electron chi connectivity index (χ1n) is 9.36. The van der Waals surface area contributed by atoms with Gasteiger partial charge in [0.15, 0.2) is 5.13 Å². The Labute approximate surface area is 181 Å². The molecular weight excluding hydrogens is 419 g/mol. The summed E-state index contributed by atoms with van der Waals surface area (Å²) in [6.07, 6.45) is 7.99. The molecule has 28 heavy (non-hydrogen) atoms. The molecule has 1 aliphatic carbocycles. The van der Waals surface area contributed by atoms with E-state index in [-0.39, 0.29) is 47.9 Å². The highest BCUT2D eigenvalue weighted by Gasteiger charge is 2.23. The Morgan fingerprint density at radius 2 is 1.96 bits per heavy atom. The third-order valence-electron chi connectivity index (χ3n) is 5.32. The van der Waals surface area contributed by atoms with Gasteiger partial charge in [0.05, 0.1) is 5.69 Å². The molecule has 2 aromatic heterocycles. The highest BCUT2D eigenvalue weighted by atomic mass is 35.5. The monoisotopic (exact) mass is 444 g/mol. The number of anilines is 1. The summed E-state index contributed by atoms with van der Waals surface area (Å²) in [5, 5.41) is 6.79. The topological polar surface area (TPSA) is 76.0 Å². The smallest absolute Gasteiger partial charge is 0.263 e. The lowest BCUT2D eigenvalue weighted by atomic mass is 10.0. The maximum Gasteiger partial charge on any atom is 0.263 e. The molecule has 1 saturated heterocycles. The van der Waals surface area contributed by atoms with Gasteiger partial charge < -0.3 is 9.88 Å². The number of piperidine rings is 1. The molecule has 9 heteroatoms. The van der Waals surface area contributed by atoms with Gasteiger partial charge in [-0.05, 0) is 70.2 Å². The van der Waals surface area contributed by atoms with Gasteiger partial charge in [0, 0.05) is 17.1 Å². The maximum atomic E-state index is 13.0. The molecule has 154 valence electrons. The van der Waals surface area contributed by atoms with Crippen molar-refractivity contribution in [3.8, 4) is 0 Å². The number of halogens is 2. The molecule has 0 bridgehead atoms. The standard InChI is InChI=1S/C19H24N4O2S.2ClH/c1-12-8-11-23(13-6-9-20-10-7-13)18(25)16(12)17(24)22-19-21-14-4-2-3-5-15(14)26-19;;/h8,11,13,20H,2-7,9-10H2,1H3,(H,21,22,24);2*1H. The lowest BCUT2D eigenvalue weighted by Gasteiger charge is -2.25. The molecule has 0 spiro atoms. The molecule has 0 aromatic carbocycles. The average Bonchev–Trinajstić information content (AvgIpc) is 3.04. The minimum atomic E-state index is -0.345. The van der Waals surface area contributed by atoms with Gasteiger partial charge in [-0.3, -0.25) is 14.9 Å². The van der Waals surface area contributed by atoms with Crippen molar-refractivity contribution < 1.29 is 4.79 Å². The fourth-order valence-corrected chi connectivity index (χ4v) is 4.90. The average molecular weight is 445 g/mol. The molecule has 6 nitrogen and oxygen atoms in total. The Balaban J connectivity index is 0.00000140. The van der Waals surface area contributed by atoms with Crippen molar-refractivity contribution in [1.29, 1.82) is 0 Å². The molecule has 0 unspecified atom stereocenters. The zero-order valence-corrected chi connectivity index (χ0v) is 18.3. The predicted molar refractivity (Wildman–Crippen MR) is 118 cm³/mol. The first kappa shape index (κ1) is 22.9. The number of rotatable bonds is 3. The van der Waals surface area contributed by atoms with Crippen molar-refractivity contribution in [3.05, 3.63) is 44.3 Å². The summed E-state index contributed by atoms with van der Waals surface area (Å²) >= 11 is 1.54. The Morgan fingerprint density at radius 3 is 2.68 bits per heavy atom. The number of carbonyl (C=O) groups excluding carboxylic acids is 1. The van der Waals surface area contributed by atoms with E-state index in [1.165, 1.54) is 11.3 Å². The van der Waals surface area contributed by atoms with Gasteiger partial charge in [-0.2, -0.15) is 0 Å². The second kappa shape index (κ2) is 9.87. The number of nitrogens with zero attached hydrogens (tertiary/aromatic N) is 2. The van der Waals surface area contributed by atoms with Crippen LogP contribution >= 0.6 is 36.2 Å². The summed E-state index contributed by atoms with van der Waals surface area (Å²) in [6, 6.07) is 2.02. The maximum absolute atomic E-state index is 13.0. The molecule has 4 rings (SSSR count). The van der Waals surface area contributed by atoms with Gasteiger partial charge in [-0.15, -0.1) is 36.2 Å². The summed E-state index contributed by atoms with van der Waals surface area (Å²) in [4.78, 5) is 31.6. The fraction of sp³-hybridized carbons (Fsp3) is 0.526. The SMILES string of the molecule is Cc1ccn(C2CCNCC2)c(=O)c1C(=O)Nc1nc2c(s1)CCCC2.Cl.Cl. The number of amides is 1. The number of thiazole rings is 1. The van der Waals surface area contributed by atoms with Gasteiger partial charge in [-0.1, -0.05) is 0 Å². The number of aryl methyl sites for hydroxylation is 3. The summed E-state index contributed by atoms with van der Waals surface area (Å²) in [7, 11) is 0. The third-order valence-corrected chi connectivity index (χ3v) is 6.40. The summed E-state index contributed by atoms with van der Waals surface area (Å²) < 4.78 is 1.73. The summed E-state index contributed by atoms with van der Waals surface area (Å²) in [5.74, 6) is -0.345. The van der Waals surface area contributed by atoms with E-state index in [9.17, 15) is 9.59 Å². The van der Waals surface area contributed by atoms with Gasteiger partial charge in [0.2, 0.25) is 0 Å². The summed E-state index contributed by atoms with van der Waals surface area (Å²) in [5.41, 5.74) is 1.85. The number of pyridine rings is 1. The minimum Gasteiger partial charge on any atom is -0.317 e. The molecule has 2 N–H and O–H groups in total. The van der Waals surface area contributed by atoms with Crippen molar-refractivity contribution >= 4 is 47.2 Å². The molecule has 1 amide bonds.